The van der Waals surface area contributed by atoms with Crippen LogP contribution >= 0.6 is 0 Å². The van der Waals surface area contributed by atoms with Crippen molar-refractivity contribution in [3.8, 4) is 6.07 Å². The summed E-state index contributed by atoms with van der Waals surface area (Å²) in [7, 11) is 0. The van der Waals surface area contributed by atoms with Gasteiger partial charge in [-0.3, -0.25) is 4.79 Å². The van der Waals surface area contributed by atoms with E-state index in [-0.39, 0.29) is 0 Å². The minimum atomic E-state index is -3.10. The Morgan fingerprint density at radius 2 is 2.24 bits per heavy atom. The average Bonchev–Trinajstić information content (AvgIpc) is 2.51. The van der Waals surface area contributed by atoms with Gasteiger partial charge in [0.2, 0.25) is 5.91 Å². The highest BCUT2D eigenvalue weighted by atomic mass is 19.3. The molecule has 1 aliphatic heterocycles. The van der Waals surface area contributed by atoms with Crippen molar-refractivity contribution in [1.82, 2.24) is 10.2 Å². The van der Waals surface area contributed by atoms with Crippen LogP contribution in [-0.4, -0.2) is 46.6 Å². The molecule has 94 valence electrons. The highest BCUT2D eigenvalue weighted by Crippen LogP contribution is 2.31. The lowest BCUT2D eigenvalue weighted by molar-refractivity contribution is -0.134. The van der Waals surface area contributed by atoms with Crippen molar-refractivity contribution in [3.63, 3.8) is 0 Å². The van der Waals surface area contributed by atoms with Crippen LogP contribution in [-0.2, 0) is 4.79 Å². The number of halogens is 2. The molecule has 0 aliphatic carbocycles. The molecule has 0 bridgehead atoms. The molecule has 2 amide bonds. The summed E-state index contributed by atoms with van der Waals surface area (Å²) in [5.41, 5.74) is 0. The molecule has 6 nitrogen and oxygen atoms in total. The van der Waals surface area contributed by atoms with Gasteiger partial charge in [0, 0.05) is 6.42 Å². The summed E-state index contributed by atoms with van der Waals surface area (Å²) >= 11 is 0. The molecule has 17 heavy (non-hydrogen) atoms. The number of nitriles is 1. The van der Waals surface area contributed by atoms with Crippen molar-refractivity contribution >= 4 is 12.0 Å². The van der Waals surface area contributed by atoms with Crippen molar-refractivity contribution in [3.05, 3.63) is 0 Å². The molecule has 1 aliphatic rings. The fourth-order valence-electron chi connectivity index (χ4n) is 1.66. The van der Waals surface area contributed by atoms with Gasteiger partial charge in [-0.2, -0.15) is 5.26 Å². The number of carboxylic acid groups (broad SMARTS) is 1. The Labute approximate surface area is 95.8 Å². The number of carbonyl (C=O) groups is 2. The van der Waals surface area contributed by atoms with E-state index in [0.717, 1.165) is 0 Å². The summed E-state index contributed by atoms with van der Waals surface area (Å²) in [6.07, 6.45) is -2.14. The molecule has 1 heterocycles. The lowest BCUT2D eigenvalue weighted by atomic mass is 10.2. The molecule has 0 aromatic carbocycles. The first kappa shape index (κ1) is 13.2. The molecule has 2 unspecified atom stereocenters. The maximum atomic E-state index is 13.0. The highest BCUT2D eigenvalue weighted by Gasteiger charge is 2.48. The fourth-order valence-corrected chi connectivity index (χ4v) is 1.66. The monoisotopic (exact) mass is 247 g/mol. The predicted octanol–water partition coefficient (Wildman–Crippen LogP) is 0.402. The summed E-state index contributed by atoms with van der Waals surface area (Å²) in [5.74, 6) is -3.92. The molecule has 0 spiro atoms. The van der Waals surface area contributed by atoms with Crippen LogP contribution in [0.3, 0.4) is 0 Å². The molecule has 2 atom stereocenters. The maximum Gasteiger partial charge on any atom is 0.405 e. The van der Waals surface area contributed by atoms with Crippen LogP contribution in [0.2, 0.25) is 0 Å². The Bertz CT molecular complexity index is 380. The Morgan fingerprint density at radius 3 is 2.71 bits per heavy atom. The lowest BCUT2D eigenvalue weighted by Crippen LogP contribution is -2.48. The van der Waals surface area contributed by atoms with Gasteiger partial charge in [-0.1, -0.05) is 0 Å². The first-order valence-electron chi connectivity index (χ1n) is 4.84. The molecule has 1 rings (SSSR count). The quantitative estimate of drug-likeness (QED) is 0.738. The average molecular weight is 247 g/mol. The van der Waals surface area contributed by atoms with E-state index in [4.69, 9.17) is 10.4 Å². The summed E-state index contributed by atoms with van der Waals surface area (Å²) in [5, 5.41) is 18.9. The van der Waals surface area contributed by atoms with Crippen molar-refractivity contribution in [2.75, 3.05) is 6.54 Å². The Balaban J connectivity index is 2.75. The van der Waals surface area contributed by atoms with Crippen molar-refractivity contribution in [2.45, 2.75) is 31.4 Å². The van der Waals surface area contributed by atoms with Crippen LogP contribution in [0.15, 0.2) is 0 Å². The van der Waals surface area contributed by atoms with Crippen molar-refractivity contribution in [1.29, 1.82) is 5.26 Å². The number of carbonyl (C=O) groups excluding carboxylic acids is 1. The molecule has 1 fully saturated rings. The summed E-state index contributed by atoms with van der Waals surface area (Å²) in [6, 6.07) is -0.759. The third-order valence-electron chi connectivity index (χ3n) is 2.41. The topological polar surface area (TPSA) is 93.4 Å². The number of likely N-dealkylation sites (tertiary alicyclic amines) is 1. The van der Waals surface area contributed by atoms with E-state index < -0.39 is 43.0 Å². The predicted molar refractivity (Wildman–Crippen MR) is 51.3 cm³/mol. The largest absolute Gasteiger partial charge is 0.465 e. The number of alkyl halides is 2. The van der Waals surface area contributed by atoms with Crippen LogP contribution < -0.4 is 5.32 Å². The molecular formula is C9H11F2N3O3. The van der Waals surface area contributed by atoms with Gasteiger partial charge in [-0.05, 0) is 6.92 Å². The smallest absolute Gasteiger partial charge is 0.405 e. The van der Waals surface area contributed by atoms with Gasteiger partial charge >= 0.3 is 6.09 Å². The number of hydrogen-bond donors (Lipinski definition) is 2. The highest BCUT2D eigenvalue weighted by molar-refractivity contribution is 5.85. The SMILES string of the molecule is CC(NC(=O)O)C(=O)N1CC(F)(F)CC1C#N. The normalized spacial score (nSPS) is 23.9. The first-order valence-corrected chi connectivity index (χ1v) is 4.84. The van der Waals surface area contributed by atoms with Gasteiger partial charge in [0.25, 0.3) is 5.92 Å². The van der Waals surface area contributed by atoms with E-state index in [1.54, 1.807) is 6.07 Å². The van der Waals surface area contributed by atoms with E-state index in [0.29, 0.717) is 4.90 Å². The second-order valence-electron chi connectivity index (χ2n) is 3.84. The van der Waals surface area contributed by atoms with Crippen LogP contribution in [0.5, 0.6) is 0 Å². The lowest BCUT2D eigenvalue weighted by Gasteiger charge is -2.22. The fraction of sp³-hybridized carbons (Fsp3) is 0.667. The minimum Gasteiger partial charge on any atom is -0.465 e. The molecule has 2 N–H and O–H groups in total. The minimum absolute atomic E-state index is 0.709. The van der Waals surface area contributed by atoms with Crippen molar-refractivity contribution < 1.29 is 23.5 Å². The van der Waals surface area contributed by atoms with E-state index in [1.165, 1.54) is 6.92 Å². The Kier molecular flexibility index (Phi) is 3.50. The van der Waals surface area contributed by atoms with Crippen LogP contribution in [0.4, 0.5) is 13.6 Å². The molecule has 0 saturated carbocycles. The molecule has 8 heteroatoms. The summed E-state index contributed by atoms with van der Waals surface area (Å²) in [4.78, 5) is 22.7. The second kappa shape index (κ2) is 4.53. The number of nitrogens with zero attached hydrogens (tertiary/aromatic N) is 2. The third kappa shape index (κ3) is 3.03. The zero-order chi connectivity index (χ0) is 13.2. The van der Waals surface area contributed by atoms with Gasteiger partial charge in [0.1, 0.15) is 12.1 Å². The van der Waals surface area contributed by atoms with Crippen LogP contribution in [0.1, 0.15) is 13.3 Å². The zero-order valence-corrected chi connectivity index (χ0v) is 8.98. The maximum absolute atomic E-state index is 13.0. The van der Waals surface area contributed by atoms with E-state index in [2.05, 4.69) is 0 Å². The number of amides is 2. The van der Waals surface area contributed by atoms with Gasteiger partial charge in [0.15, 0.2) is 0 Å². The second-order valence-corrected chi connectivity index (χ2v) is 3.84. The van der Waals surface area contributed by atoms with Gasteiger partial charge < -0.3 is 15.3 Å². The number of hydrogen-bond acceptors (Lipinski definition) is 3. The van der Waals surface area contributed by atoms with Gasteiger partial charge in [0.05, 0.1) is 12.6 Å². The number of rotatable bonds is 2. The van der Waals surface area contributed by atoms with E-state index >= 15 is 0 Å². The third-order valence-corrected chi connectivity index (χ3v) is 2.41. The molecule has 1 saturated heterocycles. The van der Waals surface area contributed by atoms with Gasteiger partial charge in [-0.25, -0.2) is 13.6 Å². The van der Waals surface area contributed by atoms with Gasteiger partial charge in [-0.15, -0.1) is 0 Å². The summed E-state index contributed by atoms with van der Waals surface area (Å²) in [6.45, 7) is 0.386. The van der Waals surface area contributed by atoms with E-state index in [1.807, 2.05) is 5.32 Å². The molecule has 0 radical (unpaired) electrons. The zero-order valence-electron chi connectivity index (χ0n) is 8.98. The van der Waals surface area contributed by atoms with Crippen LogP contribution in [0.25, 0.3) is 0 Å². The molecular weight excluding hydrogens is 236 g/mol. The standard InChI is InChI=1S/C9H11F2N3O3/c1-5(13-8(16)17)7(15)14-4-9(10,11)2-6(14)3-12/h5-6,13H,2,4H2,1H3,(H,16,17). The van der Waals surface area contributed by atoms with Crippen molar-refractivity contribution in [2.24, 2.45) is 0 Å². The van der Waals surface area contributed by atoms with Crippen LogP contribution in [0, 0.1) is 11.3 Å². The Morgan fingerprint density at radius 1 is 1.65 bits per heavy atom. The Hall–Kier alpha value is -1.91. The molecule has 0 aromatic rings. The summed E-state index contributed by atoms with van der Waals surface area (Å²) < 4.78 is 26.1. The molecule has 0 aromatic heterocycles. The number of nitrogens with one attached hydrogen (secondary N) is 1. The first-order chi connectivity index (χ1) is 7.76. The van der Waals surface area contributed by atoms with E-state index in [9.17, 15) is 18.4 Å².